The molecule has 30 heavy (non-hydrogen) atoms. The highest BCUT2D eigenvalue weighted by Crippen LogP contribution is 2.31. The minimum atomic E-state index is -0.138. The van der Waals surface area contributed by atoms with Crippen LogP contribution >= 0.6 is 0 Å². The van der Waals surface area contributed by atoms with Gasteiger partial charge in [-0.1, -0.05) is 29.8 Å². The van der Waals surface area contributed by atoms with Crippen molar-refractivity contribution in [1.82, 2.24) is 9.97 Å². The molecule has 0 spiro atoms. The molecule has 5 rings (SSSR count). The van der Waals surface area contributed by atoms with Gasteiger partial charge in [0.05, 0.1) is 5.39 Å². The maximum Gasteiger partial charge on any atom is 0.256 e. The van der Waals surface area contributed by atoms with Gasteiger partial charge in [-0.2, -0.15) is 0 Å². The molecule has 146 valence electrons. The van der Waals surface area contributed by atoms with Crippen LogP contribution in [0.2, 0.25) is 0 Å². The summed E-state index contributed by atoms with van der Waals surface area (Å²) in [7, 11) is 0. The molecular weight excluding hydrogens is 374 g/mol. The monoisotopic (exact) mass is 393 g/mol. The van der Waals surface area contributed by atoms with Crippen LogP contribution in [-0.4, -0.2) is 15.9 Å². The van der Waals surface area contributed by atoms with Gasteiger partial charge in [0.15, 0.2) is 0 Å². The van der Waals surface area contributed by atoms with Gasteiger partial charge in [-0.25, -0.2) is 4.98 Å². The summed E-state index contributed by atoms with van der Waals surface area (Å²) in [5, 5.41) is 5.69. The van der Waals surface area contributed by atoms with Crippen LogP contribution in [0.25, 0.3) is 21.8 Å². The van der Waals surface area contributed by atoms with Gasteiger partial charge in [0, 0.05) is 23.6 Å². The Labute approximate surface area is 173 Å². The first-order valence-corrected chi connectivity index (χ1v) is 9.68. The van der Waals surface area contributed by atoms with Crippen LogP contribution in [0.1, 0.15) is 15.9 Å². The summed E-state index contributed by atoms with van der Waals surface area (Å²) >= 11 is 0. The first kappa shape index (κ1) is 17.9. The minimum absolute atomic E-state index is 0.138. The molecule has 0 fully saturated rings. The third-order valence-electron chi connectivity index (χ3n) is 5.05. The second-order valence-corrected chi connectivity index (χ2v) is 7.16. The van der Waals surface area contributed by atoms with E-state index < -0.39 is 0 Å². The molecule has 0 unspecified atom stereocenters. The van der Waals surface area contributed by atoms with Gasteiger partial charge in [0.1, 0.15) is 17.1 Å². The molecule has 0 aliphatic carbocycles. The highest BCUT2D eigenvalue weighted by atomic mass is 16.5. The fourth-order valence-electron chi connectivity index (χ4n) is 3.51. The number of benzene rings is 3. The van der Waals surface area contributed by atoms with Crippen molar-refractivity contribution in [3.63, 3.8) is 0 Å². The van der Waals surface area contributed by atoms with Crippen LogP contribution in [0.15, 0.2) is 85.2 Å². The molecule has 2 aromatic heterocycles. The quantitative estimate of drug-likeness (QED) is 0.389. The number of fused-ring (bicyclic) bond motifs is 2. The standard InChI is InChI=1S/C25H19N3O2/c1-16-5-7-18(8-6-16)28-25(29)21-4-2-3-17-15-19(9-10-20(17)21)30-23-12-14-27-24-22(23)11-13-26-24/h2-15H,1H3,(H,26,27)(H,28,29). The summed E-state index contributed by atoms with van der Waals surface area (Å²) in [6, 6.07) is 23.0. The number of rotatable bonds is 4. The maximum absolute atomic E-state index is 12.9. The number of aromatic nitrogens is 2. The van der Waals surface area contributed by atoms with Crippen molar-refractivity contribution in [1.29, 1.82) is 0 Å². The lowest BCUT2D eigenvalue weighted by atomic mass is 10.0. The van der Waals surface area contributed by atoms with Gasteiger partial charge in [-0.15, -0.1) is 0 Å². The number of hydrogen-bond donors (Lipinski definition) is 2. The number of nitrogens with one attached hydrogen (secondary N) is 2. The van der Waals surface area contributed by atoms with Gasteiger partial charge >= 0.3 is 0 Å². The number of aromatic amines is 1. The van der Waals surface area contributed by atoms with E-state index in [1.54, 1.807) is 6.20 Å². The number of pyridine rings is 1. The van der Waals surface area contributed by atoms with Crippen molar-refractivity contribution in [2.24, 2.45) is 0 Å². The zero-order valence-electron chi connectivity index (χ0n) is 16.3. The van der Waals surface area contributed by atoms with Crippen LogP contribution in [-0.2, 0) is 0 Å². The van der Waals surface area contributed by atoms with Gasteiger partial charge in [0.2, 0.25) is 0 Å². The number of carbonyl (C=O) groups excluding carboxylic acids is 1. The molecule has 5 nitrogen and oxygen atoms in total. The normalized spacial score (nSPS) is 11.0. The minimum Gasteiger partial charge on any atom is -0.457 e. The molecule has 0 bridgehead atoms. The molecule has 5 aromatic rings. The fourth-order valence-corrected chi connectivity index (χ4v) is 3.51. The van der Waals surface area contributed by atoms with Crippen molar-refractivity contribution in [2.75, 3.05) is 5.32 Å². The van der Waals surface area contributed by atoms with Crippen LogP contribution < -0.4 is 10.1 Å². The second kappa shape index (κ2) is 7.37. The number of hydrogen-bond acceptors (Lipinski definition) is 3. The number of H-pyrrole nitrogens is 1. The number of nitrogens with zero attached hydrogens (tertiary/aromatic N) is 1. The van der Waals surface area contributed by atoms with Gasteiger partial charge in [-0.05, 0) is 66.2 Å². The molecule has 2 heterocycles. The van der Waals surface area contributed by atoms with Gasteiger partial charge < -0.3 is 15.0 Å². The Balaban J connectivity index is 1.45. The molecule has 1 amide bonds. The lowest BCUT2D eigenvalue weighted by Crippen LogP contribution is -2.12. The first-order valence-electron chi connectivity index (χ1n) is 9.68. The Kier molecular flexibility index (Phi) is 4.41. The van der Waals surface area contributed by atoms with E-state index in [1.165, 1.54) is 0 Å². The van der Waals surface area contributed by atoms with Crippen molar-refractivity contribution in [3.8, 4) is 11.5 Å². The molecule has 0 radical (unpaired) electrons. The summed E-state index contributed by atoms with van der Waals surface area (Å²) in [5.74, 6) is 1.29. The highest BCUT2D eigenvalue weighted by molar-refractivity contribution is 6.13. The van der Waals surface area contributed by atoms with Crippen LogP contribution in [0.5, 0.6) is 11.5 Å². The van der Waals surface area contributed by atoms with Crippen molar-refractivity contribution in [3.05, 3.63) is 96.3 Å². The maximum atomic E-state index is 12.9. The van der Waals surface area contributed by atoms with E-state index in [0.29, 0.717) is 11.3 Å². The van der Waals surface area contributed by atoms with E-state index in [0.717, 1.165) is 38.8 Å². The second-order valence-electron chi connectivity index (χ2n) is 7.16. The van der Waals surface area contributed by atoms with Crippen molar-refractivity contribution in [2.45, 2.75) is 6.92 Å². The summed E-state index contributed by atoms with van der Waals surface area (Å²) < 4.78 is 6.10. The fraction of sp³-hybridized carbons (Fsp3) is 0.0400. The molecule has 3 aromatic carbocycles. The summed E-state index contributed by atoms with van der Waals surface area (Å²) in [4.78, 5) is 20.2. The Morgan fingerprint density at radius 2 is 1.83 bits per heavy atom. The van der Waals surface area contributed by atoms with Crippen molar-refractivity contribution >= 4 is 33.4 Å². The Hall–Kier alpha value is -4.12. The van der Waals surface area contributed by atoms with Crippen LogP contribution in [0.3, 0.4) is 0 Å². The zero-order valence-corrected chi connectivity index (χ0v) is 16.3. The van der Waals surface area contributed by atoms with Gasteiger partial charge in [0.25, 0.3) is 5.91 Å². The molecule has 5 heteroatoms. The molecule has 0 aliphatic heterocycles. The Morgan fingerprint density at radius 1 is 0.967 bits per heavy atom. The average Bonchev–Trinajstić information content (AvgIpc) is 3.25. The summed E-state index contributed by atoms with van der Waals surface area (Å²) in [5.41, 5.74) is 3.33. The van der Waals surface area contributed by atoms with E-state index in [1.807, 2.05) is 85.9 Å². The number of carbonyl (C=O) groups is 1. The third-order valence-corrected chi connectivity index (χ3v) is 5.05. The number of aryl methyl sites for hydroxylation is 1. The molecule has 2 N–H and O–H groups in total. The molecule has 0 atom stereocenters. The smallest absolute Gasteiger partial charge is 0.256 e. The summed E-state index contributed by atoms with van der Waals surface area (Å²) in [6.45, 7) is 2.02. The van der Waals surface area contributed by atoms with E-state index in [4.69, 9.17) is 4.74 Å². The summed E-state index contributed by atoms with van der Waals surface area (Å²) in [6.07, 6.45) is 3.55. The first-order chi connectivity index (χ1) is 14.7. The van der Waals surface area contributed by atoms with E-state index >= 15 is 0 Å². The van der Waals surface area contributed by atoms with E-state index in [9.17, 15) is 4.79 Å². The topological polar surface area (TPSA) is 67.0 Å². The Morgan fingerprint density at radius 3 is 2.70 bits per heavy atom. The van der Waals surface area contributed by atoms with Crippen LogP contribution in [0.4, 0.5) is 5.69 Å². The third kappa shape index (κ3) is 3.37. The highest BCUT2D eigenvalue weighted by Gasteiger charge is 2.12. The van der Waals surface area contributed by atoms with Crippen LogP contribution in [0, 0.1) is 6.92 Å². The number of anilines is 1. The predicted octanol–water partition coefficient (Wildman–Crippen LogP) is 6.07. The van der Waals surface area contributed by atoms with Gasteiger partial charge in [-0.3, -0.25) is 4.79 Å². The molecule has 0 saturated heterocycles. The number of ether oxygens (including phenoxy) is 1. The average molecular weight is 393 g/mol. The largest absolute Gasteiger partial charge is 0.457 e. The molecule has 0 aliphatic rings. The zero-order chi connectivity index (χ0) is 20.5. The lowest BCUT2D eigenvalue weighted by molar-refractivity contribution is 0.102. The Bertz CT molecular complexity index is 1370. The predicted molar refractivity (Wildman–Crippen MR) is 119 cm³/mol. The van der Waals surface area contributed by atoms with E-state index in [-0.39, 0.29) is 5.91 Å². The van der Waals surface area contributed by atoms with Crippen molar-refractivity contribution < 1.29 is 9.53 Å². The van der Waals surface area contributed by atoms with E-state index in [2.05, 4.69) is 15.3 Å². The molecule has 0 saturated carbocycles. The number of amides is 1. The lowest BCUT2D eigenvalue weighted by Gasteiger charge is -2.11. The molecular formula is C25H19N3O2. The SMILES string of the molecule is Cc1ccc(NC(=O)c2cccc3cc(Oc4ccnc5[nH]ccc45)ccc23)cc1.